The number of carbonyl (C=O) groups is 1. The Bertz CT molecular complexity index is 1030. The van der Waals surface area contributed by atoms with Crippen molar-refractivity contribution in [1.29, 1.82) is 0 Å². The van der Waals surface area contributed by atoms with E-state index in [9.17, 15) is 19.8 Å². The van der Waals surface area contributed by atoms with Gasteiger partial charge in [0.25, 0.3) is 0 Å². The molecular weight excluding hydrogens is 324 g/mol. The zero-order valence-corrected chi connectivity index (χ0v) is 14.1. The Balaban J connectivity index is 2.42. The van der Waals surface area contributed by atoms with E-state index in [0.29, 0.717) is 16.7 Å². The van der Waals surface area contributed by atoms with Crippen LogP contribution in [0.25, 0.3) is 21.9 Å². The lowest BCUT2D eigenvalue weighted by atomic mass is 9.98. The van der Waals surface area contributed by atoms with Gasteiger partial charge in [-0.05, 0) is 49.7 Å². The van der Waals surface area contributed by atoms with Gasteiger partial charge < -0.3 is 19.4 Å². The number of ether oxygens (including phenoxy) is 1. The number of hydrogen-bond acceptors (Lipinski definition) is 6. The van der Waals surface area contributed by atoms with E-state index in [2.05, 4.69) is 4.74 Å². The van der Waals surface area contributed by atoms with Gasteiger partial charge in [0.15, 0.2) is 0 Å². The van der Waals surface area contributed by atoms with Gasteiger partial charge in [0.1, 0.15) is 11.2 Å². The largest absolute Gasteiger partial charge is 0.465 e. The number of esters is 1. The lowest BCUT2D eigenvalue weighted by molar-refractivity contribution is 0.0601. The molecule has 0 radical (unpaired) electrons. The summed E-state index contributed by atoms with van der Waals surface area (Å²) >= 11 is 0. The molecule has 25 heavy (non-hydrogen) atoms. The van der Waals surface area contributed by atoms with Gasteiger partial charge in [-0.2, -0.15) is 0 Å². The molecule has 2 aromatic carbocycles. The van der Waals surface area contributed by atoms with E-state index in [-0.39, 0.29) is 27.3 Å². The molecule has 1 heterocycles. The van der Waals surface area contributed by atoms with Crippen molar-refractivity contribution in [2.45, 2.75) is 26.1 Å². The highest BCUT2D eigenvalue weighted by Gasteiger charge is 2.18. The minimum atomic E-state index is -0.879. The quantitative estimate of drug-likeness (QED) is 0.561. The highest BCUT2D eigenvalue weighted by Crippen LogP contribution is 2.30. The number of aliphatic hydroxyl groups is 2. The third-order valence-electron chi connectivity index (χ3n) is 4.17. The van der Waals surface area contributed by atoms with Crippen LogP contribution in [-0.4, -0.2) is 23.3 Å². The number of fused-ring (bicyclic) bond motifs is 2. The van der Waals surface area contributed by atoms with Gasteiger partial charge in [-0.15, -0.1) is 0 Å². The molecule has 6 heteroatoms. The summed E-state index contributed by atoms with van der Waals surface area (Å²) in [6.45, 7) is 3.14. The standard InChI is InChI=1S/C19H18O6/c1-9(20)12-7-13(10(2)21)18-15(8-12)17(22)14-6-11(19(23)24-3)4-5-16(14)25-18/h4-10,20-21H,1-3H3. The number of carbonyl (C=O) groups excluding carboxylic acids is 1. The van der Waals surface area contributed by atoms with Crippen molar-refractivity contribution >= 4 is 27.9 Å². The molecule has 0 fully saturated rings. The summed E-state index contributed by atoms with van der Waals surface area (Å²) < 4.78 is 10.5. The molecule has 1 aromatic heterocycles. The third-order valence-corrected chi connectivity index (χ3v) is 4.17. The fourth-order valence-corrected chi connectivity index (χ4v) is 2.80. The zero-order valence-electron chi connectivity index (χ0n) is 14.1. The SMILES string of the molecule is COC(=O)c1ccc2oc3c(C(C)O)cc(C(C)O)cc3c(=O)c2c1. The lowest BCUT2D eigenvalue weighted by Gasteiger charge is -2.13. The van der Waals surface area contributed by atoms with Gasteiger partial charge in [-0.1, -0.05) is 0 Å². The Morgan fingerprint density at radius 3 is 2.40 bits per heavy atom. The fourth-order valence-electron chi connectivity index (χ4n) is 2.80. The van der Waals surface area contributed by atoms with Crippen LogP contribution in [0.5, 0.6) is 0 Å². The first-order valence-electron chi connectivity index (χ1n) is 7.82. The van der Waals surface area contributed by atoms with Crippen LogP contribution in [0.3, 0.4) is 0 Å². The van der Waals surface area contributed by atoms with Crippen molar-refractivity contribution in [2.24, 2.45) is 0 Å². The molecule has 130 valence electrons. The molecule has 0 saturated carbocycles. The van der Waals surface area contributed by atoms with Crippen LogP contribution in [-0.2, 0) is 4.74 Å². The molecule has 0 amide bonds. The van der Waals surface area contributed by atoms with Gasteiger partial charge in [0.2, 0.25) is 5.43 Å². The molecule has 3 aromatic rings. The predicted molar refractivity (Wildman–Crippen MR) is 92.6 cm³/mol. The molecule has 0 spiro atoms. The number of aliphatic hydroxyl groups excluding tert-OH is 2. The fraction of sp³-hybridized carbons (Fsp3) is 0.263. The van der Waals surface area contributed by atoms with Crippen molar-refractivity contribution in [2.75, 3.05) is 7.11 Å². The monoisotopic (exact) mass is 342 g/mol. The van der Waals surface area contributed by atoms with Gasteiger partial charge in [0.05, 0.1) is 35.7 Å². The van der Waals surface area contributed by atoms with Crippen molar-refractivity contribution in [3.05, 3.63) is 57.2 Å². The molecule has 3 rings (SSSR count). The van der Waals surface area contributed by atoms with Crippen LogP contribution in [0.4, 0.5) is 0 Å². The Labute approximate surface area is 143 Å². The second-order valence-electron chi connectivity index (χ2n) is 5.97. The van der Waals surface area contributed by atoms with E-state index in [4.69, 9.17) is 4.42 Å². The normalized spacial score (nSPS) is 13.8. The summed E-state index contributed by atoms with van der Waals surface area (Å²) in [6, 6.07) is 7.62. The minimum Gasteiger partial charge on any atom is -0.465 e. The molecular formula is C19H18O6. The Morgan fingerprint density at radius 1 is 1.08 bits per heavy atom. The van der Waals surface area contributed by atoms with Crippen LogP contribution in [0.2, 0.25) is 0 Å². The van der Waals surface area contributed by atoms with Crippen LogP contribution in [0.1, 0.15) is 47.5 Å². The smallest absolute Gasteiger partial charge is 0.337 e. The average Bonchev–Trinajstić information content (AvgIpc) is 2.60. The van der Waals surface area contributed by atoms with Crippen LogP contribution in [0.15, 0.2) is 39.5 Å². The number of benzene rings is 2. The Hall–Kier alpha value is -2.70. The topological polar surface area (TPSA) is 97.0 Å². The summed E-state index contributed by atoms with van der Waals surface area (Å²) in [5.41, 5.74) is 1.39. The summed E-state index contributed by atoms with van der Waals surface area (Å²) in [6.07, 6.45) is -1.69. The summed E-state index contributed by atoms with van der Waals surface area (Å²) in [4.78, 5) is 24.6. The van der Waals surface area contributed by atoms with Crippen LogP contribution in [0, 0.1) is 0 Å². The molecule has 2 atom stereocenters. The first-order valence-corrected chi connectivity index (χ1v) is 7.82. The van der Waals surface area contributed by atoms with E-state index >= 15 is 0 Å². The summed E-state index contributed by atoms with van der Waals surface area (Å²) in [5.74, 6) is -0.552. The number of hydrogen-bond donors (Lipinski definition) is 2. The van der Waals surface area contributed by atoms with Crippen molar-refractivity contribution < 1.29 is 24.2 Å². The summed E-state index contributed by atoms with van der Waals surface area (Å²) in [7, 11) is 1.26. The molecule has 0 aliphatic heterocycles. The van der Waals surface area contributed by atoms with E-state index < -0.39 is 18.2 Å². The molecule has 0 aliphatic rings. The molecule has 0 saturated heterocycles. The average molecular weight is 342 g/mol. The van der Waals surface area contributed by atoms with Gasteiger partial charge in [-0.25, -0.2) is 4.79 Å². The Kier molecular flexibility index (Phi) is 4.32. The highest BCUT2D eigenvalue weighted by atomic mass is 16.5. The van der Waals surface area contributed by atoms with E-state index in [1.807, 2.05) is 0 Å². The molecule has 2 N–H and O–H groups in total. The second-order valence-corrected chi connectivity index (χ2v) is 5.97. The van der Waals surface area contributed by atoms with Crippen LogP contribution < -0.4 is 5.43 Å². The van der Waals surface area contributed by atoms with Crippen molar-refractivity contribution in [1.82, 2.24) is 0 Å². The lowest BCUT2D eigenvalue weighted by Crippen LogP contribution is -2.08. The Morgan fingerprint density at radius 2 is 1.80 bits per heavy atom. The van der Waals surface area contributed by atoms with Gasteiger partial charge in [-0.3, -0.25) is 4.79 Å². The minimum absolute atomic E-state index is 0.231. The molecule has 2 unspecified atom stereocenters. The van der Waals surface area contributed by atoms with Crippen molar-refractivity contribution in [3.63, 3.8) is 0 Å². The van der Waals surface area contributed by atoms with Crippen LogP contribution >= 0.6 is 0 Å². The number of rotatable bonds is 3. The van der Waals surface area contributed by atoms with Gasteiger partial charge >= 0.3 is 5.97 Å². The van der Waals surface area contributed by atoms with E-state index in [0.717, 1.165) is 0 Å². The van der Waals surface area contributed by atoms with E-state index in [1.165, 1.54) is 25.3 Å². The highest BCUT2D eigenvalue weighted by molar-refractivity contribution is 5.97. The first-order chi connectivity index (χ1) is 11.8. The first kappa shape index (κ1) is 17.1. The molecule has 6 nitrogen and oxygen atoms in total. The zero-order chi connectivity index (χ0) is 18.3. The molecule has 0 bridgehead atoms. The number of methoxy groups -OCH3 is 1. The second kappa shape index (κ2) is 6.31. The van der Waals surface area contributed by atoms with E-state index in [1.54, 1.807) is 26.0 Å². The third kappa shape index (κ3) is 2.90. The predicted octanol–water partition coefficient (Wildman–Crippen LogP) is 2.84. The maximum Gasteiger partial charge on any atom is 0.337 e. The van der Waals surface area contributed by atoms with Gasteiger partial charge in [0, 0.05) is 5.56 Å². The molecule has 0 aliphatic carbocycles. The summed E-state index contributed by atoms with van der Waals surface area (Å²) in [5, 5.41) is 20.4. The maximum atomic E-state index is 12.9. The maximum absolute atomic E-state index is 12.9. The van der Waals surface area contributed by atoms with Crippen molar-refractivity contribution in [3.8, 4) is 0 Å².